The van der Waals surface area contributed by atoms with Gasteiger partial charge in [-0.05, 0) is 25.8 Å². The summed E-state index contributed by atoms with van der Waals surface area (Å²) in [6, 6.07) is 0. The maximum Gasteiger partial charge on any atom is 0.490 e. The number of aliphatic hydroxyl groups excluding tert-OH is 1. The largest absolute Gasteiger partial charge is 0.490 e. The number of rotatable bonds is 3. The Kier molecular flexibility index (Phi) is 7.51. The molecule has 0 aromatic heterocycles. The Hall–Kier alpha value is -1.49. The van der Waals surface area contributed by atoms with E-state index in [9.17, 15) is 57.8 Å². The highest BCUT2D eigenvalue weighted by Gasteiger charge is 2.86. The highest BCUT2D eigenvalue weighted by Crippen LogP contribution is 2.56. The van der Waals surface area contributed by atoms with E-state index in [2.05, 4.69) is 4.74 Å². The molecule has 2 aliphatic rings. The topological polar surface area (TPSA) is 70.0 Å². The number of aliphatic hydroxyl groups is 1. The van der Waals surface area contributed by atoms with Crippen LogP contribution in [0, 0.1) is 0 Å². The third kappa shape index (κ3) is 5.30. The Balaban J connectivity index is 0.000000592. The number of hydrogen-bond acceptors (Lipinski definition) is 4. The van der Waals surface area contributed by atoms with E-state index in [1.54, 1.807) is 0 Å². The van der Waals surface area contributed by atoms with Crippen LogP contribution in [0.4, 0.5) is 52.7 Å². The Labute approximate surface area is 165 Å². The summed E-state index contributed by atoms with van der Waals surface area (Å²) in [6.45, 7) is -0.855. The summed E-state index contributed by atoms with van der Waals surface area (Å²) < 4.78 is 151. The average molecular weight is 489 g/mol. The van der Waals surface area contributed by atoms with Gasteiger partial charge in [0.2, 0.25) is 0 Å². The lowest BCUT2D eigenvalue weighted by molar-refractivity contribution is -0.463. The molecule has 5 nitrogen and oxygen atoms in total. The zero-order valence-electron chi connectivity index (χ0n) is 15.0. The minimum atomic E-state index is -6.73. The Morgan fingerprint density at radius 1 is 0.935 bits per heavy atom. The van der Waals surface area contributed by atoms with E-state index < -0.39 is 67.5 Å². The van der Waals surface area contributed by atoms with Gasteiger partial charge in [-0.25, -0.2) is 4.79 Å². The fourth-order valence-corrected chi connectivity index (χ4v) is 3.50. The van der Waals surface area contributed by atoms with Crippen LogP contribution in [0.3, 0.4) is 0 Å². The summed E-state index contributed by atoms with van der Waals surface area (Å²) in [5.41, 5.74) is -7.38. The maximum absolute atomic E-state index is 12.9. The van der Waals surface area contributed by atoms with Crippen LogP contribution in [0.1, 0.15) is 19.3 Å². The molecule has 17 heteroatoms. The van der Waals surface area contributed by atoms with Crippen LogP contribution in [0.5, 0.6) is 0 Å². The number of halogens is 12. The van der Waals surface area contributed by atoms with Crippen LogP contribution in [0.2, 0.25) is 0 Å². The summed E-state index contributed by atoms with van der Waals surface area (Å²) in [4.78, 5) is 10.3. The second-order valence-corrected chi connectivity index (χ2v) is 6.85. The molecular weight excluding hydrogens is 474 g/mol. The first-order valence-electron chi connectivity index (χ1n) is 8.18. The fourth-order valence-electron chi connectivity index (χ4n) is 3.50. The van der Waals surface area contributed by atoms with Gasteiger partial charge in [0, 0.05) is 12.1 Å². The number of aliphatic carboxylic acids is 1. The standard InChI is InChI=1S/C12H14F9NO2.C2HF3O2/c13-10(14,15)9(11(16,17)18,12(19,20)21)24-7-4-8(6-23)2-1-3-22(8)5-7;3-2(4,5)1(6)7/h7,23H,1-6H2;(H,6,7)/t7-,8+;/m1./s1. The molecule has 0 spiro atoms. The van der Waals surface area contributed by atoms with Crippen molar-refractivity contribution in [2.24, 2.45) is 0 Å². The average Bonchev–Trinajstić information content (AvgIpc) is 3.05. The summed E-state index contributed by atoms with van der Waals surface area (Å²) in [5, 5.41) is 16.5. The molecule has 0 radical (unpaired) electrons. The molecule has 0 amide bonds. The minimum Gasteiger partial charge on any atom is -0.475 e. The SMILES string of the molecule is O=C(O)C(F)(F)F.OC[C@@]12CCCN1C[C@H](OC(C(F)(F)F)(C(F)(F)F)C(F)(F)F)C2. The third-order valence-electron chi connectivity index (χ3n) is 4.85. The molecular formula is C14H15F12NO4. The lowest BCUT2D eigenvalue weighted by Crippen LogP contribution is -2.68. The summed E-state index contributed by atoms with van der Waals surface area (Å²) in [6.07, 6.45) is -27.0. The molecule has 31 heavy (non-hydrogen) atoms. The monoisotopic (exact) mass is 489 g/mol. The van der Waals surface area contributed by atoms with Crippen molar-refractivity contribution in [3.05, 3.63) is 0 Å². The van der Waals surface area contributed by atoms with Crippen molar-refractivity contribution < 1.29 is 72.4 Å². The summed E-state index contributed by atoms with van der Waals surface area (Å²) in [5.74, 6) is -2.76. The number of ether oxygens (including phenoxy) is 1. The van der Waals surface area contributed by atoms with Gasteiger partial charge in [-0.1, -0.05) is 0 Å². The van der Waals surface area contributed by atoms with E-state index >= 15 is 0 Å². The van der Waals surface area contributed by atoms with E-state index in [4.69, 9.17) is 9.90 Å². The van der Waals surface area contributed by atoms with Gasteiger partial charge >= 0.3 is 36.3 Å². The van der Waals surface area contributed by atoms with Crippen molar-refractivity contribution in [3.63, 3.8) is 0 Å². The van der Waals surface area contributed by atoms with Crippen molar-refractivity contribution in [2.75, 3.05) is 19.7 Å². The highest BCUT2D eigenvalue weighted by molar-refractivity contribution is 5.73. The van der Waals surface area contributed by atoms with Gasteiger partial charge in [0.15, 0.2) is 0 Å². The van der Waals surface area contributed by atoms with E-state index in [1.807, 2.05) is 0 Å². The Morgan fingerprint density at radius 3 is 1.65 bits per heavy atom. The van der Waals surface area contributed by atoms with E-state index in [-0.39, 0.29) is 13.0 Å². The second kappa shape index (κ2) is 8.46. The molecule has 2 N–H and O–H groups in total. The molecule has 2 heterocycles. The van der Waals surface area contributed by atoms with Gasteiger partial charge in [-0.3, -0.25) is 4.90 Å². The van der Waals surface area contributed by atoms with Gasteiger partial charge in [0.1, 0.15) is 0 Å². The van der Waals surface area contributed by atoms with Crippen molar-refractivity contribution in [1.29, 1.82) is 0 Å². The smallest absolute Gasteiger partial charge is 0.475 e. The molecule has 0 unspecified atom stereocenters. The van der Waals surface area contributed by atoms with Crippen LogP contribution in [-0.4, -0.2) is 82.7 Å². The van der Waals surface area contributed by atoms with Crippen molar-refractivity contribution in [2.45, 2.75) is 61.2 Å². The van der Waals surface area contributed by atoms with Crippen LogP contribution in [-0.2, 0) is 9.53 Å². The molecule has 0 saturated carbocycles. The second-order valence-electron chi connectivity index (χ2n) is 6.85. The van der Waals surface area contributed by atoms with Crippen molar-refractivity contribution in [1.82, 2.24) is 4.90 Å². The highest BCUT2D eigenvalue weighted by atomic mass is 19.4. The number of alkyl halides is 12. The first-order chi connectivity index (χ1) is 13.6. The normalized spacial score (nSPS) is 25.8. The number of hydrogen-bond donors (Lipinski definition) is 2. The molecule has 184 valence electrons. The summed E-state index contributed by atoms with van der Waals surface area (Å²) >= 11 is 0. The lowest BCUT2D eigenvalue weighted by atomic mass is 9.93. The van der Waals surface area contributed by atoms with Crippen LogP contribution < -0.4 is 0 Å². The first kappa shape index (κ1) is 27.5. The van der Waals surface area contributed by atoms with Crippen LogP contribution >= 0.6 is 0 Å². The summed E-state index contributed by atoms with van der Waals surface area (Å²) in [7, 11) is 0. The molecule has 0 aromatic carbocycles. The molecule has 0 bridgehead atoms. The number of carboxylic acid groups (broad SMARTS) is 1. The van der Waals surface area contributed by atoms with Gasteiger partial charge in [0.25, 0.3) is 0 Å². The van der Waals surface area contributed by atoms with E-state index in [0.717, 1.165) is 0 Å². The van der Waals surface area contributed by atoms with Gasteiger partial charge in [-0.15, -0.1) is 0 Å². The Morgan fingerprint density at radius 2 is 1.35 bits per heavy atom. The zero-order chi connectivity index (χ0) is 24.7. The predicted octanol–water partition coefficient (Wildman–Crippen LogP) is 3.66. The van der Waals surface area contributed by atoms with Gasteiger partial charge < -0.3 is 14.9 Å². The first-order valence-corrected chi connectivity index (χ1v) is 8.18. The number of carboxylic acids is 1. The van der Waals surface area contributed by atoms with Crippen LogP contribution in [0.25, 0.3) is 0 Å². The Bertz CT molecular complexity index is 605. The molecule has 2 fully saturated rings. The number of nitrogens with zero attached hydrogens (tertiary/aromatic N) is 1. The van der Waals surface area contributed by atoms with E-state index in [1.165, 1.54) is 4.90 Å². The van der Waals surface area contributed by atoms with Crippen molar-refractivity contribution >= 4 is 5.97 Å². The third-order valence-corrected chi connectivity index (χ3v) is 4.85. The molecule has 0 aromatic rings. The van der Waals surface area contributed by atoms with Gasteiger partial charge in [0.05, 0.1) is 12.7 Å². The maximum atomic E-state index is 12.9. The lowest BCUT2D eigenvalue weighted by Gasteiger charge is -2.39. The van der Waals surface area contributed by atoms with Crippen molar-refractivity contribution in [3.8, 4) is 0 Å². The molecule has 2 atom stereocenters. The fraction of sp³-hybridized carbons (Fsp3) is 0.929. The molecule has 2 aliphatic heterocycles. The number of fused-ring (bicyclic) bond motifs is 1. The quantitative estimate of drug-likeness (QED) is 0.593. The molecule has 2 rings (SSSR count). The van der Waals surface area contributed by atoms with Crippen LogP contribution in [0.15, 0.2) is 0 Å². The van der Waals surface area contributed by atoms with E-state index in [0.29, 0.717) is 6.42 Å². The predicted molar refractivity (Wildman–Crippen MR) is 74.7 cm³/mol. The molecule has 2 saturated heterocycles. The van der Waals surface area contributed by atoms with Gasteiger partial charge in [-0.2, -0.15) is 52.7 Å². The minimum absolute atomic E-state index is 0.261. The number of carbonyl (C=O) groups is 1. The molecule has 0 aliphatic carbocycles. The zero-order valence-corrected chi connectivity index (χ0v) is 15.0.